The molecule has 1 N–H and O–H groups in total. The molecule has 0 saturated heterocycles. The third-order valence-electron chi connectivity index (χ3n) is 3.47. The first-order valence-corrected chi connectivity index (χ1v) is 6.52. The lowest BCUT2D eigenvalue weighted by Crippen LogP contribution is -2.35. The molecule has 0 radical (unpaired) electrons. The van der Waals surface area contributed by atoms with E-state index in [1.807, 2.05) is 4.90 Å². The molecule has 1 heterocycles. The normalized spacial score (nSPS) is 14.8. The van der Waals surface area contributed by atoms with Crippen LogP contribution in [0.25, 0.3) is 0 Å². The molecule has 1 amide bonds. The molecule has 0 saturated carbocycles. The van der Waals surface area contributed by atoms with Crippen molar-refractivity contribution in [3.8, 4) is 0 Å². The van der Waals surface area contributed by atoms with Gasteiger partial charge in [0.25, 0.3) is 0 Å². The lowest BCUT2D eigenvalue weighted by molar-refractivity contribution is -0.117. The van der Waals surface area contributed by atoms with Crippen LogP contribution in [0.2, 0.25) is 0 Å². The Morgan fingerprint density at radius 2 is 2.11 bits per heavy atom. The third-order valence-corrected chi connectivity index (χ3v) is 3.47. The van der Waals surface area contributed by atoms with E-state index in [-0.39, 0.29) is 11.3 Å². The highest BCUT2D eigenvalue weighted by molar-refractivity contribution is 5.96. The van der Waals surface area contributed by atoms with Crippen molar-refractivity contribution in [2.75, 3.05) is 25.0 Å². The number of carbonyl (C=O) groups is 1. The first-order chi connectivity index (χ1) is 8.43. The van der Waals surface area contributed by atoms with Crippen LogP contribution in [0.15, 0.2) is 18.2 Å². The topological polar surface area (TPSA) is 32.3 Å². The van der Waals surface area contributed by atoms with Gasteiger partial charge < -0.3 is 10.2 Å². The lowest BCUT2D eigenvalue weighted by atomic mass is 9.86. The maximum Gasteiger partial charge on any atom is 0.240 e. The van der Waals surface area contributed by atoms with E-state index in [0.717, 1.165) is 18.7 Å². The number of hydrogen-bond donors (Lipinski definition) is 1. The number of carbonyl (C=O) groups excluding carboxylic acids is 1. The van der Waals surface area contributed by atoms with Crippen molar-refractivity contribution in [2.45, 2.75) is 32.6 Å². The smallest absolute Gasteiger partial charge is 0.240 e. The first kappa shape index (κ1) is 13.1. The Morgan fingerprint density at radius 1 is 1.39 bits per heavy atom. The SMILES string of the molecule is CNCC(=O)N1CCc2cc(C(C)(C)C)ccc21. The number of fused-ring (bicyclic) bond motifs is 1. The second-order valence-corrected chi connectivity index (χ2v) is 5.92. The first-order valence-electron chi connectivity index (χ1n) is 6.52. The monoisotopic (exact) mass is 246 g/mol. The second kappa shape index (κ2) is 4.73. The number of hydrogen-bond acceptors (Lipinski definition) is 2. The summed E-state index contributed by atoms with van der Waals surface area (Å²) < 4.78 is 0. The van der Waals surface area contributed by atoms with Crippen molar-refractivity contribution in [3.63, 3.8) is 0 Å². The predicted molar refractivity (Wildman–Crippen MR) is 75.1 cm³/mol. The van der Waals surface area contributed by atoms with Crippen LogP contribution in [-0.4, -0.2) is 26.0 Å². The molecule has 0 spiro atoms. The van der Waals surface area contributed by atoms with Gasteiger partial charge >= 0.3 is 0 Å². The predicted octanol–water partition coefficient (Wildman–Crippen LogP) is 2.09. The fraction of sp³-hybridized carbons (Fsp3) is 0.533. The summed E-state index contributed by atoms with van der Waals surface area (Å²) in [6.45, 7) is 7.86. The molecule has 0 bridgehead atoms. The van der Waals surface area contributed by atoms with Gasteiger partial charge in [-0.05, 0) is 36.1 Å². The van der Waals surface area contributed by atoms with Crippen LogP contribution < -0.4 is 10.2 Å². The van der Waals surface area contributed by atoms with Gasteiger partial charge in [0.15, 0.2) is 0 Å². The van der Waals surface area contributed by atoms with E-state index in [0.29, 0.717) is 6.54 Å². The Hall–Kier alpha value is -1.35. The number of nitrogens with zero attached hydrogens (tertiary/aromatic N) is 1. The largest absolute Gasteiger partial charge is 0.311 e. The van der Waals surface area contributed by atoms with Gasteiger partial charge in [0.2, 0.25) is 5.91 Å². The minimum Gasteiger partial charge on any atom is -0.311 e. The standard InChI is InChI=1S/C15H22N2O/c1-15(2,3)12-5-6-13-11(9-12)7-8-17(13)14(18)10-16-4/h5-6,9,16H,7-8,10H2,1-4H3. The van der Waals surface area contributed by atoms with E-state index in [1.165, 1.54) is 11.1 Å². The number of benzene rings is 1. The molecule has 0 aliphatic carbocycles. The maximum absolute atomic E-state index is 12.0. The van der Waals surface area contributed by atoms with E-state index in [1.54, 1.807) is 7.05 Å². The molecule has 98 valence electrons. The Balaban J connectivity index is 2.28. The Labute approximate surface area is 109 Å². The fourth-order valence-corrected chi connectivity index (χ4v) is 2.37. The molecule has 0 fully saturated rings. The molecule has 1 aliphatic heterocycles. The Bertz CT molecular complexity index is 460. The number of anilines is 1. The van der Waals surface area contributed by atoms with E-state index >= 15 is 0 Å². The summed E-state index contributed by atoms with van der Waals surface area (Å²) in [5.74, 6) is 0.153. The molecular weight excluding hydrogens is 224 g/mol. The zero-order valence-electron chi connectivity index (χ0n) is 11.7. The summed E-state index contributed by atoms with van der Waals surface area (Å²) in [4.78, 5) is 13.8. The van der Waals surface area contributed by atoms with Gasteiger partial charge in [-0.15, -0.1) is 0 Å². The van der Waals surface area contributed by atoms with Crippen LogP contribution in [0.1, 0.15) is 31.9 Å². The highest BCUT2D eigenvalue weighted by Gasteiger charge is 2.25. The van der Waals surface area contributed by atoms with E-state index in [4.69, 9.17) is 0 Å². The van der Waals surface area contributed by atoms with Crippen LogP contribution in [-0.2, 0) is 16.6 Å². The molecule has 3 heteroatoms. The zero-order chi connectivity index (χ0) is 13.3. The van der Waals surface area contributed by atoms with Crippen molar-refractivity contribution in [3.05, 3.63) is 29.3 Å². The van der Waals surface area contributed by atoms with Crippen LogP contribution >= 0.6 is 0 Å². The lowest BCUT2D eigenvalue weighted by Gasteiger charge is -2.21. The van der Waals surface area contributed by atoms with Crippen LogP contribution in [0.4, 0.5) is 5.69 Å². The fourth-order valence-electron chi connectivity index (χ4n) is 2.37. The third kappa shape index (κ3) is 2.41. The molecule has 1 aromatic rings. The molecule has 3 nitrogen and oxygen atoms in total. The van der Waals surface area contributed by atoms with Crippen molar-refractivity contribution in [1.29, 1.82) is 0 Å². The second-order valence-electron chi connectivity index (χ2n) is 5.92. The molecule has 0 unspecified atom stereocenters. The summed E-state index contributed by atoms with van der Waals surface area (Å²) in [5.41, 5.74) is 3.89. The van der Waals surface area contributed by atoms with Crippen molar-refractivity contribution < 1.29 is 4.79 Å². The van der Waals surface area contributed by atoms with Crippen molar-refractivity contribution >= 4 is 11.6 Å². The minimum atomic E-state index is 0.153. The van der Waals surface area contributed by atoms with E-state index in [2.05, 4.69) is 44.3 Å². The van der Waals surface area contributed by atoms with E-state index < -0.39 is 0 Å². The summed E-state index contributed by atoms with van der Waals surface area (Å²) in [5, 5.41) is 2.92. The number of rotatable bonds is 2. The van der Waals surface area contributed by atoms with Gasteiger partial charge in [-0.1, -0.05) is 32.9 Å². The van der Waals surface area contributed by atoms with Gasteiger partial charge in [0.05, 0.1) is 6.54 Å². The van der Waals surface area contributed by atoms with Crippen LogP contribution in [0, 0.1) is 0 Å². The molecule has 1 aliphatic rings. The zero-order valence-corrected chi connectivity index (χ0v) is 11.7. The van der Waals surface area contributed by atoms with Gasteiger partial charge in [0.1, 0.15) is 0 Å². The molecule has 2 rings (SSSR count). The summed E-state index contributed by atoms with van der Waals surface area (Å²) >= 11 is 0. The van der Waals surface area contributed by atoms with Gasteiger partial charge in [-0.3, -0.25) is 4.79 Å². The number of likely N-dealkylation sites (N-methyl/N-ethyl adjacent to an activating group) is 1. The summed E-state index contributed by atoms with van der Waals surface area (Å²) in [6.07, 6.45) is 0.967. The summed E-state index contributed by atoms with van der Waals surface area (Å²) in [6, 6.07) is 6.49. The highest BCUT2D eigenvalue weighted by Crippen LogP contribution is 2.32. The molecule has 1 aromatic carbocycles. The molecular formula is C15H22N2O. The molecule has 0 aromatic heterocycles. The van der Waals surface area contributed by atoms with Gasteiger partial charge in [-0.2, -0.15) is 0 Å². The van der Waals surface area contributed by atoms with Gasteiger partial charge in [0, 0.05) is 12.2 Å². The average molecular weight is 246 g/mol. The van der Waals surface area contributed by atoms with E-state index in [9.17, 15) is 4.79 Å². The van der Waals surface area contributed by atoms with Crippen LogP contribution in [0.5, 0.6) is 0 Å². The maximum atomic E-state index is 12.0. The number of amides is 1. The molecule has 0 atom stereocenters. The highest BCUT2D eigenvalue weighted by atomic mass is 16.2. The summed E-state index contributed by atoms with van der Waals surface area (Å²) in [7, 11) is 1.80. The van der Waals surface area contributed by atoms with Crippen molar-refractivity contribution in [1.82, 2.24) is 5.32 Å². The Kier molecular flexibility index (Phi) is 3.44. The number of nitrogens with one attached hydrogen (secondary N) is 1. The molecule has 18 heavy (non-hydrogen) atoms. The minimum absolute atomic E-state index is 0.153. The van der Waals surface area contributed by atoms with Crippen molar-refractivity contribution in [2.24, 2.45) is 0 Å². The van der Waals surface area contributed by atoms with Crippen LogP contribution in [0.3, 0.4) is 0 Å². The average Bonchev–Trinajstić information content (AvgIpc) is 2.70. The Morgan fingerprint density at radius 3 is 2.72 bits per heavy atom. The quantitative estimate of drug-likeness (QED) is 0.866. The van der Waals surface area contributed by atoms with Gasteiger partial charge in [-0.25, -0.2) is 0 Å².